The molecule has 1 atom stereocenters. The standard InChI is InChI=1S/C32H38ClN3O4S/c1-3-30(32(38)34-27-11-7-8-12-27)35(22-21-25-9-5-4-6-10-25)31(37)23-36(28-17-15-26(33)16-18-28)41(39,40)29-19-13-24(2)14-20-29/h4-6,9-10,13-20,27,30H,3,7-8,11-12,21-23H2,1-2H3,(H,34,38)/t30-/m0/s1. The van der Waals surface area contributed by atoms with Crippen LogP contribution < -0.4 is 9.62 Å². The number of sulfonamides is 1. The molecule has 0 aliphatic heterocycles. The van der Waals surface area contributed by atoms with Gasteiger partial charge in [-0.15, -0.1) is 0 Å². The van der Waals surface area contributed by atoms with Crippen molar-refractivity contribution in [2.75, 3.05) is 17.4 Å². The minimum atomic E-state index is -4.11. The number of nitrogens with one attached hydrogen (secondary N) is 1. The van der Waals surface area contributed by atoms with Crippen molar-refractivity contribution < 1.29 is 18.0 Å². The van der Waals surface area contributed by atoms with Crippen LogP contribution >= 0.6 is 11.6 Å². The van der Waals surface area contributed by atoms with Crippen LogP contribution in [0.15, 0.2) is 83.8 Å². The summed E-state index contributed by atoms with van der Waals surface area (Å²) in [6.07, 6.45) is 4.95. The second-order valence-electron chi connectivity index (χ2n) is 10.5. The SMILES string of the molecule is CC[C@@H](C(=O)NC1CCCC1)N(CCc1ccccc1)C(=O)CN(c1ccc(Cl)cc1)S(=O)(=O)c1ccc(C)cc1. The monoisotopic (exact) mass is 595 g/mol. The smallest absolute Gasteiger partial charge is 0.264 e. The van der Waals surface area contributed by atoms with Crippen LogP contribution in [0.1, 0.15) is 50.2 Å². The molecule has 4 rings (SSSR count). The number of halogens is 1. The van der Waals surface area contributed by atoms with Gasteiger partial charge in [0.15, 0.2) is 0 Å². The van der Waals surface area contributed by atoms with E-state index in [1.807, 2.05) is 44.2 Å². The van der Waals surface area contributed by atoms with Gasteiger partial charge < -0.3 is 10.2 Å². The van der Waals surface area contributed by atoms with Gasteiger partial charge in [-0.2, -0.15) is 0 Å². The Kier molecular flexibility index (Phi) is 10.5. The van der Waals surface area contributed by atoms with Crippen LogP contribution in [0.4, 0.5) is 5.69 Å². The van der Waals surface area contributed by atoms with Gasteiger partial charge in [-0.1, -0.05) is 79.4 Å². The Morgan fingerprint density at radius 1 is 0.951 bits per heavy atom. The highest BCUT2D eigenvalue weighted by Crippen LogP contribution is 2.26. The van der Waals surface area contributed by atoms with Crippen molar-refractivity contribution in [2.45, 2.75) is 69.4 Å². The lowest BCUT2D eigenvalue weighted by molar-refractivity contribution is -0.139. The first-order valence-electron chi connectivity index (χ1n) is 14.2. The van der Waals surface area contributed by atoms with Crippen molar-refractivity contribution in [1.82, 2.24) is 10.2 Å². The fourth-order valence-electron chi connectivity index (χ4n) is 5.24. The summed E-state index contributed by atoms with van der Waals surface area (Å²) in [5.74, 6) is -0.639. The molecule has 9 heteroatoms. The third-order valence-corrected chi connectivity index (χ3v) is 9.61. The summed E-state index contributed by atoms with van der Waals surface area (Å²) < 4.78 is 28.9. The molecule has 7 nitrogen and oxygen atoms in total. The number of nitrogens with zero attached hydrogens (tertiary/aromatic N) is 2. The van der Waals surface area contributed by atoms with Crippen LogP contribution in [0, 0.1) is 6.92 Å². The molecule has 0 bridgehead atoms. The van der Waals surface area contributed by atoms with Crippen LogP contribution in [-0.2, 0) is 26.0 Å². The number of benzene rings is 3. The Bertz CT molecular complexity index is 1410. The third-order valence-electron chi connectivity index (χ3n) is 7.57. The maximum Gasteiger partial charge on any atom is 0.264 e. The molecule has 2 amide bonds. The highest BCUT2D eigenvalue weighted by Gasteiger charge is 2.34. The lowest BCUT2D eigenvalue weighted by Gasteiger charge is -2.33. The largest absolute Gasteiger partial charge is 0.352 e. The molecule has 0 aromatic heterocycles. The second kappa shape index (κ2) is 14.0. The van der Waals surface area contributed by atoms with E-state index < -0.39 is 28.5 Å². The van der Waals surface area contributed by atoms with E-state index in [1.165, 1.54) is 12.1 Å². The molecule has 1 saturated carbocycles. The molecule has 3 aromatic carbocycles. The van der Waals surface area contributed by atoms with Gasteiger partial charge in [-0.25, -0.2) is 8.42 Å². The quantitative estimate of drug-likeness (QED) is 0.289. The van der Waals surface area contributed by atoms with E-state index in [-0.39, 0.29) is 23.4 Å². The summed E-state index contributed by atoms with van der Waals surface area (Å²) in [5.41, 5.74) is 2.26. The Labute approximate surface area is 248 Å². The fraction of sp³-hybridized carbons (Fsp3) is 0.375. The maximum absolute atomic E-state index is 14.1. The van der Waals surface area contributed by atoms with Crippen molar-refractivity contribution >= 4 is 39.1 Å². The first-order chi connectivity index (χ1) is 19.7. The minimum Gasteiger partial charge on any atom is -0.352 e. The van der Waals surface area contributed by atoms with Crippen molar-refractivity contribution in [3.63, 3.8) is 0 Å². The number of rotatable bonds is 12. The number of amides is 2. The Morgan fingerprint density at radius 3 is 2.20 bits per heavy atom. The zero-order chi connectivity index (χ0) is 29.4. The number of carbonyl (C=O) groups is 2. The summed E-state index contributed by atoms with van der Waals surface area (Å²) in [6, 6.07) is 22.0. The van der Waals surface area contributed by atoms with Gasteiger partial charge in [0.2, 0.25) is 11.8 Å². The highest BCUT2D eigenvalue weighted by molar-refractivity contribution is 7.92. The Balaban J connectivity index is 1.66. The molecule has 3 aromatic rings. The summed E-state index contributed by atoms with van der Waals surface area (Å²) in [5, 5.41) is 3.59. The van der Waals surface area contributed by atoms with Gasteiger partial charge in [-0.3, -0.25) is 13.9 Å². The van der Waals surface area contributed by atoms with E-state index in [9.17, 15) is 18.0 Å². The third kappa shape index (κ3) is 7.89. The molecule has 1 aliphatic rings. The predicted molar refractivity (Wildman–Crippen MR) is 163 cm³/mol. The molecule has 218 valence electrons. The second-order valence-corrected chi connectivity index (χ2v) is 12.8. The topological polar surface area (TPSA) is 86.8 Å². The van der Waals surface area contributed by atoms with Crippen LogP contribution in [0.2, 0.25) is 5.02 Å². The average Bonchev–Trinajstić information content (AvgIpc) is 3.48. The molecule has 0 spiro atoms. The summed E-state index contributed by atoms with van der Waals surface area (Å²) in [6.45, 7) is 3.57. The van der Waals surface area contributed by atoms with Crippen LogP contribution in [-0.4, -0.2) is 50.3 Å². The van der Waals surface area contributed by atoms with Gasteiger partial charge in [0.25, 0.3) is 10.0 Å². The van der Waals surface area contributed by atoms with E-state index >= 15 is 0 Å². The zero-order valence-corrected chi connectivity index (χ0v) is 25.2. The summed E-state index contributed by atoms with van der Waals surface area (Å²) in [7, 11) is -4.11. The first kappa shape index (κ1) is 30.6. The van der Waals surface area contributed by atoms with Crippen LogP contribution in [0.25, 0.3) is 0 Å². The molecular formula is C32H38ClN3O4S. The van der Waals surface area contributed by atoms with Crippen LogP contribution in [0.5, 0.6) is 0 Å². The van der Waals surface area contributed by atoms with E-state index in [0.717, 1.165) is 41.1 Å². The molecule has 0 saturated heterocycles. The Hall–Kier alpha value is -3.36. The van der Waals surface area contributed by atoms with Crippen molar-refractivity contribution in [1.29, 1.82) is 0 Å². The van der Waals surface area contributed by atoms with E-state index in [1.54, 1.807) is 41.3 Å². The number of anilines is 1. The van der Waals surface area contributed by atoms with E-state index in [2.05, 4.69) is 5.32 Å². The predicted octanol–water partition coefficient (Wildman–Crippen LogP) is 5.75. The molecule has 0 radical (unpaired) electrons. The maximum atomic E-state index is 14.1. The molecule has 1 fully saturated rings. The number of carbonyl (C=O) groups excluding carboxylic acids is 2. The molecule has 0 heterocycles. The number of hydrogen-bond donors (Lipinski definition) is 1. The number of aryl methyl sites for hydroxylation is 1. The van der Waals surface area contributed by atoms with E-state index in [0.29, 0.717) is 23.6 Å². The summed E-state index contributed by atoms with van der Waals surface area (Å²) >= 11 is 6.10. The van der Waals surface area contributed by atoms with Gasteiger partial charge in [-0.05, 0) is 74.6 Å². The van der Waals surface area contributed by atoms with Crippen molar-refractivity contribution in [3.05, 3.63) is 95.0 Å². The van der Waals surface area contributed by atoms with Crippen LogP contribution in [0.3, 0.4) is 0 Å². The Morgan fingerprint density at radius 2 is 1.59 bits per heavy atom. The highest BCUT2D eigenvalue weighted by atomic mass is 35.5. The lowest BCUT2D eigenvalue weighted by Crippen LogP contribution is -2.54. The molecule has 1 aliphatic carbocycles. The van der Waals surface area contributed by atoms with Crippen molar-refractivity contribution in [2.24, 2.45) is 0 Å². The van der Waals surface area contributed by atoms with Gasteiger partial charge in [0.05, 0.1) is 10.6 Å². The molecular weight excluding hydrogens is 558 g/mol. The summed E-state index contributed by atoms with van der Waals surface area (Å²) in [4.78, 5) is 29.2. The van der Waals surface area contributed by atoms with Gasteiger partial charge >= 0.3 is 0 Å². The fourth-order valence-corrected chi connectivity index (χ4v) is 6.78. The molecule has 1 N–H and O–H groups in total. The van der Waals surface area contributed by atoms with Crippen molar-refractivity contribution in [3.8, 4) is 0 Å². The van der Waals surface area contributed by atoms with Gasteiger partial charge in [0.1, 0.15) is 12.6 Å². The zero-order valence-electron chi connectivity index (χ0n) is 23.6. The lowest BCUT2D eigenvalue weighted by atomic mass is 10.1. The van der Waals surface area contributed by atoms with Gasteiger partial charge in [0, 0.05) is 17.6 Å². The molecule has 0 unspecified atom stereocenters. The minimum absolute atomic E-state index is 0.0766. The van der Waals surface area contributed by atoms with E-state index in [4.69, 9.17) is 11.6 Å². The number of hydrogen-bond acceptors (Lipinski definition) is 4. The normalized spacial score (nSPS) is 14.4. The first-order valence-corrected chi connectivity index (χ1v) is 16.0. The average molecular weight is 596 g/mol. The molecule has 41 heavy (non-hydrogen) atoms.